The molecule has 22 heavy (non-hydrogen) atoms. The second-order valence-corrected chi connectivity index (χ2v) is 6.93. The summed E-state index contributed by atoms with van der Waals surface area (Å²) < 4.78 is 13.0. The van der Waals surface area contributed by atoms with Crippen LogP contribution in [-0.2, 0) is 4.79 Å². The number of hydrogen-bond acceptors (Lipinski definition) is 1. The molecular weight excluding hydrogens is 303 g/mol. The van der Waals surface area contributed by atoms with E-state index in [2.05, 4.69) is 24.5 Å². The Balaban J connectivity index is 1.94. The lowest BCUT2D eigenvalue weighted by atomic mass is 9.78. The van der Waals surface area contributed by atoms with Crippen molar-refractivity contribution in [1.82, 2.24) is 0 Å². The summed E-state index contributed by atoms with van der Waals surface area (Å²) in [7, 11) is 0. The van der Waals surface area contributed by atoms with Crippen molar-refractivity contribution in [3.05, 3.63) is 29.0 Å². The molecule has 0 radical (unpaired) electrons. The maximum atomic E-state index is 13.0. The smallest absolute Gasteiger partial charge is 0.282 e. The number of quaternary nitrogens is 1. The van der Waals surface area contributed by atoms with Crippen LogP contribution >= 0.6 is 11.6 Å². The monoisotopic (exact) mass is 327 g/mol. The number of carbonyl (C=O) groups excluding carboxylic acids is 1. The van der Waals surface area contributed by atoms with Crippen molar-refractivity contribution < 1.29 is 14.5 Å². The van der Waals surface area contributed by atoms with Crippen LogP contribution in [0.1, 0.15) is 40.0 Å². The lowest BCUT2D eigenvalue weighted by Gasteiger charge is -2.33. The minimum atomic E-state index is -0.410. The first kappa shape index (κ1) is 17.2. The Bertz CT molecular complexity index is 537. The number of hydrogen-bond donors (Lipinski definition) is 2. The van der Waals surface area contributed by atoms with Crippen molar-refractivity contribution in [2.45, 2.75) is 52.1 Å². The van der Waals surface area contributed by atoms with E-state index >= 15 is 0 Å². The van der Waals surface area contributed by atoms with Crippen LogP contribution in [0, 0.1) is 17.7 Å². The van der Waals surface area contributed by atoms with E-state index in [4.69, 9.17) is 11.6 Å². The van der Waals surface area contributed by atoms with Crippen molar-refractivity contribution in [3.63, 3.8) is 0 Å². The number of nitrogens with two attached hydrogens (primary N) is 1. The van der Waals surface area contributed by atoms with Gasteiger partial charge >= 0.3 is 0 Å². The zero-order valence-corrected chi connectivity index (χ0v) is 14.2. The molecule has 0 saturated heterocycles. The second-order valence-electron chi connectivity index (χ2n) is 6.53. The lowest BCUT2D eigenvalue weighted by molar-refractivity contribution is -0.715. The molecule has 0 heterocycles. The Hall–Kier alpha value is -1.13. The highest BCUT2D eigenvalue weighted by Gasteiger charge is 2.32. The molecule has 1 aliphatic carbocycles. The van der Waals surface area contributed by atoms with Gasteiger partial charge in [0.1, 0.15) is 5.82 Å². The van der Waals surface area contributed by atoms with E-state index < -0.39 is 5.82 Å². The Labute approximate surface area is 136 Å². The fourth-order valence-electron chi connectivity index (χ4n) is 3.19. The molecule has 1 aromatic rings. The van der Waals surface area contributed by atoms with E-state index in [1.54, 1.807) is 0 Å². The second kappa shape index (κ2) is 7.42. The fourth-order valence-corrected chi connectivity index (χ4v) is 3.40. The summed E-state index contributed by atoms with van der Waals surface area (Å²) in [5.41, 5.74) is 0.457. The first-order chi connectivity index (χ1) is 10.4. The summed E-state index contributed by atoms with van der Waals surface area (Å²) in [5, 5.41) is 5.17. The van der Waals surface area contributed by atoms with E-state index in [0.717, 1.165) is 6.42 Å². The zero-order valence-electron chi connectivity index (χ0n) is 13.4. The summed E-state index contributed by atoms with van der Waals surface area (Å²) in [6.07, 6.45) is 3.66. The number of nitrogens with one attached hydrogen (secondary N) is 1. The van der Waals surface area contributed by atoms with Crippen LogP contribution in [-0.4, -0.2) is 18.0 Å². The molecule has 3 nitrogen and oxygen atoms in total. The van der Waals surface area contributed by atoms with Crippen LogP contribution in [0.5, 0.6) is 0 Å². The molecule has 0 unspecified atom stereocenters. The summed E-state index contributed by atoms with van der Waals surface area (Å²) in [6, 6.07) is 4.28. The minimum absolute atomic E-state index is 0.0982. The Morgan fingerprint density at radius 3 is 2.82 bits per heavy atom. The van der Waals surface area contributed by atoms with Gasteiger partial charge in [-0.25, -0.2) is 4.39 Å². The summed E-state index contributed by atoms with van der Waals surface area (Å²) in [5.74, 6) is 0.807. The van der Waals surface area contributed by atoms with E-state index in [-0.39, 0.29) is 17.0 Å². The first-order valence-electron chi connectivity index (χ1n) is 7.99. The first-order valence-corrected chi connectivity index (χ1v) is 8.37. The van der Waals surface area contributed by atoms with E-state index in [9.17, 15) is 9.18 Å². The van der Waals surface area contributed by atoms with Crippen LogP contribution in [0.15, 0.2) is 18.2 Å². The van der Waals surface area contributed by atoms with Gasteiger partial charge in [0.15, 0.2) is 6.04 Å². The van der Waals surface area contributed by atoms with Gasteiger partial charge in [-0.05, 0) is 50.3 Å². The van der Waals surface area contributed by atoms with E-state index in [1.807, 2.05) is 6.92 Å². The fraction of sp³-hybridized carbons (Fsp3) is 0.588. The van der Waals surface area contributed by atoms with Crippen LogP contribution in [0.2, 0.25) is 5.02 Å². The molecule has 1 amide bonds. The third-order valence-electron chi connectivity index (χ3n) is 4.91. The van der Waals surface area contributed by atoms with Crippen molar-refractivity contribution in [3.8, 4) is 0 Å². The van der Waals surface area contributed by atoms with Gasteiger partial charge in [0.2, 0.25) is 0 Å². The molecule has 3 N–H and O–H groups in total. The standard InChI is InChI=1S/C17H24ClFN2O/c1-10-5-4-6-15(11(10)2)20-12(3)17(22)21-16-8-7-13(19)9-14(16)18/h7-12,15,20H,4-6H2,1-3H3,(H,21,22)/p+1/t10-,11+,12-,15+/m0/s1. The number of halogens is 2. The SMILES string of the molecule is C[C@@H]1[C@@H](C)CCC[C@H]1[NH2+][C@@H](C)C(=O)Nc1ccc(F)cc1Cl. The van der Waals surface area contributed by atoms with Crippen LogP contribution in [0.3, 0.4) is 0 Å². The Morgan fingerprint density at radius 2 is 2.14 bits per heavy atom. The predicted octanol–water partition coefficient (Wildman–Crippen LogP) is 3.19. The van der Waals surface area contributed by atoms with Gasteiger partial charge in [-0.15, -0.1) is 0 Å². The van der Waals surface area contributed by atoms with Crippen molar-refractivity contribution in [2.75, 3.05) is 5.32 Å². The van der Waals surface area contributed by atoms with Crippen molar-refractivity contribution in [1.29, 1.82) is 0 Å². The Morgan fingerprint density at radius 1 is 1.41 bits per heavy atom. The number of anilines is 1. The number of carbonyl (C=O) groups is 1. The molecule has 1 fully saturated rings. The molecule has 0 spiro atoms. The van der Waals surface area contributed by atoms with Gasteiger partial charge in [-0.3, -0.25) is 4.79 Å². The largest absolute Gasteiger partial charge is 0.334 e. The normalized spacial score (nSPS) is 26.5. The molecule has 4 atom stereocenters. The highest BCUT2D eigenvalue weighted by atomic mass is 35.5. The third-order valence-corrected chi connectivity index (χ3v) is 5.22. The molecule has 1 aromatic carbocycles. The number of benzene rings is 1. The van der Waals surface area contributed by atoms with E-state index in [1.165, 1.54) is 31.0 Å². The molecule has 1 aliphatic rings. The molecule has 1 saturated carbocycles. The quantitative estimate of drug-likeness (QED) is 0.876. The molecular formula is C17H25ClFN2O+. The molecule has 5 heteroatoms. The predicted molar refractivity (Wildman–Crippen MR) is 87.4 cm³/mol. The Kier molecular flexibility index (Phi) is 5.81. The highest BCUT2D eigenvalue weighted by molar-refractivity contribution is 6.33. The van der Waals surface area contributed by atoms with Gasteiger partial charge in [-0.2, -0.15) is 0 Å². The highest BCUT2D eigenvalue weighted by Crippen LogP contribution is 2.27. The van der Waals surface area contributed by atoms with Crippen molar-refractivity contribution >= 4 is 23.2 Å². The summed E-state index contributed by atoms with van der Waals surface area (Å²) in [6.45, 7) is 6.46. The lowest BCUT2D eigenvalue weighted by Crippen LogP contribution is -2.97. The van der Waals surface area contributed by atoms with Crippen LogP contribution in [0.4, 0.5) is 10.1 Å². The average molecular weight is 328 g/mol. The molecule has 0 aliphatic heterocycles. The van der Waals surface area contributed by atoms with Crippen LogP contribution < -0.4 is 10.6 Å². The van der Waals surface area contributed by atoms with Gasteiger partial charge in [0.05, 0.1) is 16.8 Å². The van der Waals surface area contributed by atoms with Crippen LogP contribution in [0.25, 0.3) is 0 Å². The summed E-state index contributed by atoms with van der Waals surface area (Å²) in [4.78, 5) is 12.3. The molecule has 0 aromatic heterocycles. The zero-order chi connectivity index (χ0) is 16.3. The average Bonchev–Trinajstić information content (AvgIpc) is 2.46. The van der Waals surface area contributed by atoms with Gasteiger partial charge in [-0.1, -0.05) is 25.4 Å². The number of amides is 1. The molecule has 122 valence electrons. The molecule has 2 rings (SSSR count). The maximum absolute atomic E-state index is 13.0. The minimum Gasteiger partial charge on any atom is -0.334 e. The topological polar surface area (TPSA) is 45.7 Å². The number of rotatable bonds is 4. The van der Waals surface area contributed by atoms with E-state index in [0.29, 0.717) is 23.6 Å². The summed E-state index contributed by atoms with van der Waals surface area (Å²) >= 11 is 5.95. The van der Waals surface area contributed by atoms with Gasteiger partial charge in [0, 0.05) is 5.92 Å². The molecule has 0 bridgehead atoms. The van der Waals surface area contributed by atoms with Gasteiger partial charge in [0.25, 0.3) is 5.91 Å². The third kappa shape index (κ3) is 4.20. The van der Waals surface area contributed by atoms with Crippen molar-refractivity contribution in [2.24, 2.45) is 11.8 Å². The maximum Gasteiger partial charge on any atom is 0.282 e. The van der Waals surface area contributed by atoms with Gasteiger partial charge < -0.3 is 10.6 Å².